The van der Waals surface area contributed by atoms with E-state index in [1.807, 2.05) is 18.5 Å². The molecule has 0 spiro atoms. The van der Waals surface area contributed by atoms with Crippen LogP contribution in [0.2, 0.25) is 0 Å². The summed E-state index contributed by atoms with van der Waals surface area (Å²) in [4.78, 5) is 16.5. The van der Waals surface area contributed by atoms with Crippen molar-refractivity contribution >= 4 is 18.1 Å². The minimum Gasteiger partial charge on any atom is -0.353 e. The molecule has 0 radical (unpaired) electrons. The van der Waals surface area contributed by atoms with E-state index in [-0.39, 0.29) is 11.9 Å². The number of aromatic nitrogens is 3. The SMILES string of the molecule is CC(C)NC(=O)CN1CCN(Cn2nc(C(C)C)n(C3CC3)c2=S)CC1. The zero-order valence-corrected chi connectivity index (χ0v) is 17.3. The van der Waals surface area contributed by atoms with Crippen molar-refractivity contribution in [2.24, 2.45) is 0 Å². The van der Waals surface area contributed by atoms with Crippen molar-refractivity contribution in [2.45, 2.75) is 65.2 Å². The number of hydrogen-bond donors (Lipinski definition) is 1. The fourth-order valence-electron chi connectivity index (χ4n) is 3.45. The molecule has 0 bridgehead atoms. The van der Waals surface area contributed by atoms with Crippen LogP contribution in [0.4, 0.5) is 0 Å². The maximum atomic E-state index is 11.9. The second-order valence-corrected chi connectivity index (χ2v) is 8.52. The maximum absolute atomic E-state index is 11.9. The van der Waals surface area contributed by atoms with Crippen LogP contribution in [-0.4, -0.2) is 68.8 Å². The van der Waals surface area contributed by atoms with Gasteiger partial charge in [-0.25, -0.2) is 4.68 Å². The molecule has 3 rings (SSSR count). The third-order valence-corrected chi connectivity index (χ3v) is 5.35. The van der Waals surface area contributed by atoms with Crippen LogP contribution in [0.5, 0.6) is 0 Å². The highest BCUT2D eigenvalue weighted by atomic mass is 32.1. The van der Waals surface area contributed by atoms with Gasteiger partial charge in [0.15, 0.2) is 4.77 Å². The molecule has 1 amide bonds. The Balaban J connectivity index is 1.56. The molecule has 2 aliphatic rings. The molecule has 1 aromatic heterocycles. The van der Waals surface area contributed by atoms with Crippen molar-refractivity contribution in [1.82, 2.24) is 29.5 Å². The molecule has 26 heavy (non-hydrogen) atoms. The number of carbonyl (C=O) groups is 1. The van der Waals surface area contributed by atoms with Gasteiger partial charge in [-0.3, -0.25) is 14.6 Å². The van der Waals surface area contributed by atoms with Gasteiger partial charge in [0.2, 0.25) is 5.91 Å². The Hall–Kier alpha value is -1.25. The Morgan fingerprint density at radius 1 is 1.15 bits per heavy atom. The van der Waals surface area contributed by atoms with Crippen LogP contribution in [0, 0.1) is 4.77 Å². The summed E-state index contributed by atoms with van der Waals surface area (Å²) in [5.41, 5.74) is 0. The predicted octanol–water partition coefficient (Wildman–Crippen LogP) is 1.97. The van der Waals surface area contributed by atoms with E-state index in [1.54, 1.807) is 0 Å². The Labute approximate surface area is 161 Å². The highest BCUT2D eigenvalue weighted by Crippen LogP contribution is 2.37. The monoisotopic (exact) mass is 380 g/mol. The van der Waals surface area contributed by atoms with Crippen LogP contribution in [0.15, 0.2) is 0 Å². The lowest BCUT2D eigenvalue weighted by atomic mass is 10.2. The van der Waals surface area contributed by atoms with E-state index >= 15 is 0 Å². The molecule has 8 heteroatoms. The van der Waals surface area contributed by atoms with Crippen molar-refractivity contribution in [3.8, 4) is 0 Å². The molecule has 1 saturated heterocycles. The first-order valence-electron chi connectivity index (χ1n) is 9.78. The zero-order valence-electron chi connectivity index (χ0n) is 16.4. The number of hydrogen-bond acceptors (Lipinski definition) is 5. The normalized spacial score (nSPS) is 19.5. The summed E-state index contributed by atoms with van der Waals surface area (Å²) in [6.07, 6.45) is 2.44. The standard InChI is InChI=1S/C18H32N6OS/c1-13(2)17-20-23(18(26)24(17)15-5-6-15)12-22-9-7-21(8-10-22)11-16(25)19-14(3)4/h13-15H,5-12H2,1-4H3,(H,19,25). The average molecular weight is 381 g/mol. The summed E-state index contributed by atoms with van der Waals surface area (Å²) >= 11 is 5.71. The van der Waals surface area contributed by atoms with Crippen LogP contribution >= 0.6 is 12.2 Å². The molecule has 1 saturated carbocycles. The third-order valence-electron chi connectivity index (χ3n) is 4.94. The number of nitrogens with zero attached hydrogens (tertiary/aromatic N) is 5. The minimum atomic E-state index is 0.112. The summed E-state index contributed by atoms with van der Waals surface area (Å²) in [5.74, 6) is 1.61. The van der Waals surface area contributed by atoms with E-state index in [0.717, 1.165) is 43.4 Å². The summed E-state index contributed by atoms with van der Waals surface area (Å²) in [7, 11) is 0. The fraction of sp³-hybridized carbons (Fsp3) is 0.833. The first-order chi connectivity index (χ1) is 12.3. The van der Waals surface area contributed by atoms with Crippen LogP contribution in [0.25, 0.3) is 0 Å². The number of carbonyl (C=O) groups excluding carboxylic acids is 1. The van der Waals surface area contributed by atoms with E-state index in [1.165, 1.54) is 12.8 Å². The Morgan fingerprint density at radius 2 is 1.77 bits per heavy atom. The highest BCUT2D eigenvalue weighted by molar-refractivity contribution is 7.71. The van der Waals surface area contributed by atoms with Gasteiger partial charge in [0.25, 0.3) is 0 Å². The molecule has 1 aliphatic carbocycles. The first kappa shape index (κ1) is 19.5. The van der Waals surface area contributed by atoms with Gasteiger partial charge in [0.1, 0.15) is 5.82 Å². The molecular formula is C18H32N6OS. The summed E-state index contributed by atoms with van der Waals surface area (Å²) < 4.78 is 5.12. The van der Waals surface area contributed by atoms with Gasteiger partial charge < -0.3 is 9.88 Å². The molecule has 1 aromatic rings. The van der Waals surface area contributed by atoms with Gasteiger partial charge in [-0.15, -0.1) is 0 Å². The van der Waals surface area contributed by atoms with Crippen LogP contribution in [-0.2, 0) is 11.5 Å². The summed E-state index contributed by atoms with van der Waals surface area (Å²) in [6.45, 7) is 13.2. The number of amides is 1. The zero-order chi connectivity index (χ0) is 18.8. The molecule has 2 heterocycles. The number of piperazine rings is 1. The number of rotatable bonds is 7. The van der Waals surface area contributed by atoms with Gasteiger partial charge >= 0.3 is 0 Å². The summed E-state index contributed by atoms with van der Waals surface area (Å²) in [5, 5.41) is 7.78. The van der Waals surface area contributed by atoms with E-state index < -0.39 is 0 Å². The van der Waals surface area contributed by atoms with Crippen molar-refractivity contribution in [1.29, 1.82) is 0 Å². The van der Waals surface area contributed by atoms with Crippen LogP contribution in [0.3, 0.4) is 0 Å². The quantitative estimate of drug-likeness (QED) is 0.733. The minimum absolute atomic E-state index is 0.112. The van der Waals surface area contributed by atoms with Gasteiger partial charge in [-0.1, -0.05) is 13.8 Å². The second kappa shape index (κ2) is 8.19. The lowest BCUT2D eigenvalue weighted by Gasteiger charge is -2.34. The Bertz CT molecular complexity index is 682. The van der Waals surface area contributed by atoms with Crippen molar-refractivity contribution < 1.29 is 4.79 Å². The molecule has 7 nitrogen and oxygen atoms in total. The molecule has 1 N–H and O–H groups in total. The second-order valence-electron chi connectivity index (χ2n) is 8.15. The first-order valence-corrected chi connectivity index (χ1v) is 10.2. The predicted molar refractivity (Wildman–Crippen MR) is 105 cm³/mol. The van der Waals surface area contributed by atoms with E-state index in [9.17, 15) is 4.79 Å². The topological polar surface area (TPSA) is 58.3 Å². The van der Waals surface area contributed by atoms with Gasteiger partial charge in [-0.2, -0.15) is 5.10 Å². The Kier molecular flexibility index (Phi) is 6.14. The van der Waals surface area contributed by atoms with Gasteiger partial charge in [0, 0.05) is 44.2 Å². The van der Waals surface area contributed by atoms with Crippen LogP contribution < -0.4 is 5.32 Å². The molecule has 146 valence electrons. The lowest BCUT2D eigenvalue weighted by Crippen LogP contribution is -2.50. The summed E-state index contributed by atoms with van der Waals surface area (Å²) in [6, 6.07) is 0.757. The maximum Gasteiger partial charge on any atom is 0.234 e. The highest BCUT2D eigenvalue weighted by Gasteiger charge is 2.30. The van der Waals surface area contributed by atoms with Crippen LogP contribution in [0.1, 0.15) is 58.3 Å². The molecule has 0 unspecified atom stereocenters. The fourth-order valence-corrected chi connectivity index (χ4v) is 3.79. The third kappa shape index (κ3) is 4.72. The smallest absolute Gasteiger partial charge is 0.234 e. The van der Waals surface area contributed by atoms with Crippen molar-refractivity contribution in [3.05, 3.63) is 10.6 Å². The average Bonchev–Trinajstić information content (AvgIpc) is 3.33. The van der Waals surface area contributed by atoms with Gasteiger partial charge in [-0.05, 0) is 38.9 Å². The van der Waals surface area contributed by atoms with Crippen molar-refractivity contribution in [3.63, 3.8) is 0 Å². The molecular weight excluding hydrogens is 348 g/mol. The molecule has 0 aromatic carbocycles. The largest absolute Gasteiger partial charge is 0.353 e. The molecule has 2 fully saturated rings. The van der Waals surface area contributed by atoms with Gasteiger partial charge in [0.05, 0.1) is 13.2 Å². The van der Waals surface area contributed by atoms with Crippen molar-refractivity contribution in [2.75, 3.05) is 32.7 Å². The Morgan fingerprint density at radius 3 is 2.31 bits per heavy atom. The number of nitrogens with one attached hydrogen (secondary N) is 1. The van der Waals surface area contributed by atoms with E-state index in [0.29, 0.717) is 18.5 Å². The molecule has 1 aliphatic heterocycles. The van der Waals surface area contributed by atoms with E-state index in [4.69, 9.17) is 17.3 Å². The lowest BCUT2D eigenvalue weighted by molar-refractivity contribution is -0.123. The van der Waals surface area contributed by atoms with E-state index in [2.05, 4.69) is 33.5 Å². The molecule has 0 atom stereocenters.